The van der Waals surface area contributed by atoms with Crippen LogP contribution < -0.4 is 10.6 Å². The monoisotopic (exact) mass is 254 g/mol. The van der Waals surface area contributed by atoms with Crippen molar-refractivity contribution in [1.29, 1.82) is 0 Å². The maximum atomic E-state index is 12.2. The van der Waals surface area contributed by atoms with E-state index < -0.39 is 11.8 Å². The zero-order chi connectivity index (χ0) is 13.6. The van der Waals surface area contributed by atoms with E-state index in [0.29, 0.717) is 16.9 Å². The molecule has 0 spiro atoms. The maximum Gasteiger partial charge on any atom is 0.266 e. The summed E-state index contributed by atoms with van der Waals surface area (Å²) in [5, 5.41) is 9.40. The molecule has 94 valence electrons. The summed E-state index contributed by atoms with van der Waals surface area (Å²) in [6.07, 6.45) is 0. The summed E-state index contributed by atoms with van der Waals surface area (Å²) in [5.41, 5.74) is 7.09. The Morgan fingerprint density at radius 3 is 2.21 bits per heavy atom. The van der Waals surface area contributed by atoms with Crippen LogP contribution in [0.5, 0.6) is 5.75 Å². The minimum atomic E-state index is -0.444. The molecule has 0 radical (unpaired) electrons. The van der Waals surface area contributed by atoms with E-state index in [1.165, 1.54) is 18.2 Å². The number of hydrogen-bond donors (Lipinski definition) is 2. The van der Waals surface area contributed by atoms with Crippen molar-refractivity contribution in [3.8, 4) is 5.75 Å². The first-order valence-electron chi connectivity index (χ1n) is 5.65. The molecule has 1 heterocycles. The van der Waals surface area contributed by atoms with E-state index in [2.05, 4.69) is 0 Å². The van der Waals surface area contributed by atoms with Crippen LogP contribution in [0.3, 0.4) is 0 Å². The SMILES string of the molecule is Nc1ccc(N2C(=O)c3ccc(O)cc3C2=O)cc1. The summed E-state index contributed by atoms with van der Waals surface area (Å²) in [6, 6.07) is 10.6. The van der Waals surface area contributed by atoms with Gasteiger partial charge in [0.2, 0.25) is 0 Å². The molecule has 1 aliphatic rings. The predicted molar refractivity (Wildman–Crippen MR) is 70.1 cm³/mol. The molecule has 2 aromatic rings. The molecule has 0 saturated carbocycles. The second-order valence-corrected chi connectivity index (χ2v) is 4.27. The van der Waals surface area contributed by atoms with Crippen LogP contribution in [-0.4, -0.2) is 16.9 Å². The van der Waals surface area contributed by atoms with Crippen LogP contribution in [0, 0.1) is 0 Å². The van der Waals surface area contributed by atoms with Gasteiger partial charge < -0.3 is 10.8 Å². The first kappa shape index (κ1) is 11.3. The van der Waals surface area contributed by atoms with Crippen LogP contribution in [-0.2, 0) is 0 Å². The summed E-state index contributed by atoms with van der Waals surface area (Å²) < 4.78 is 0. The van der Waals surface area contributed by atoms with Gasteiger partial charge in [-0.15, -0.1) is 0 Å². The molecule has 0 aliphatic carbocycles. The third-order valence-corrected chi connectivity index (χ3v) is 3.02. The number of rotatable bonds is 1. The number of aromatic hydroxyl groups is 1. The fourth-order valence-corrected chi connectivity index (χ4v) is 2.09. The Bertz CT molecular complexity index is 692. The van der Waals surface area contributed by atoms with E-state index >= 15 is 0 Å². The van der Waals surface area contributed by atoms with Crippen molar-refractivity contribution in [3.63, 3.8) is 0 Å². The van der Waals surface area contributed by atoms with Gasteiger partial charge in [0, 0.05) is 5.69 Å². The Labute approximate surface area is 108 Å². The lowest BCUT2D eigenvalue weighted by atomic mass is 10.1. The molecule has 3 N–H and O–H groups in total. The zero-order valence-corrected chi connectivity index (χ0v) is 9.83. The summed E-state index contributed by atoms with van der Waals surface area (Å²) in [7, 11) is 0. The van der Waals surface area contributed by atoms with Gasteiger partial charge in [-0.25, -0.2) is 4.90 Å². The topological polar surface area (TPSA) is 83.6 Å². The van der Waals surface area contributed by atoms with Gasteiger partial charge in [0.15, 0.2) is 0 Å². The summed E-state index contributed by atoms with van der Waals surface area (Å²) in [4.78, 5) is 25.5. The van der Waals surface area contributed by atoms with Gasteiger partial charge in [0.25, 0.3) is 11.8 Å². The van der Waals surface area contributed by atoms with Crippen molar-refractivity contribution in [3.05, 3.63) is 53.6 Å². The fraction of sp³-hybridized carbons (Fsp3) is 0. The molecule has 0 bridgehead atoms. The molecule has 5 nitrogen and oxygen atoms in total. The molecule has 5 heteroatoms. The number of nitrogens with zero attached hydrogens (tertiary/aromatic N) is 1. The fourth-order valence-electron chi connectivity index (χ4n) is 2.09. The van der Waals surface area contributed by atoms with E-state index in [4.69, 9.17) is 5.73 Å². The molecular weight excluding hydrogens is 244 g/mol. The van der Waals surface area contributed by atoms with Crippen molar-refractivity contribution in [2.75, 3.05) is 10.6 Å². The van der Waals surface area contributed by atoms with E-state index in [1.54, 1.807) is 24.3 Å². The van der Waals surface area contributed by atoms with E-state index in [9.17, 15) is 14.7 Å². The van der Waals surface area contributed by atoms with Crippen molar-refractivity contribution in [2.24, 2.45) is 0 Å². The Morgan fingerprint density at radius 1 is 0.895 bits per heavy atom. The number of imide groups is 1. The molecule has 2 aromatic carbocycles. The third kappa shape index (κ3) is 1.63. The van der Waals surface area contributed by atoms with E-state index in [0.717, 1.165) is 4.90 Å². The number of hydrogen-bond acceptors (Lipinski definition) is 4. The van der Waals surface area contributed by atoms with Crippen LogP contribution in [0.25, 0.3) is 0 Å². The number of amides is 2. The number of anilines is 2. The molecular formula is C14H10N2O3. The van der Waals surface area contributed by atoms with Gasteiger partial charge in [-0.05, 0) is 42.5 Å². The number of carbonyl (C=O) groups is 2. The molecule has 0 saturated heterocycles. The highest BCUT2D eigenvalue weighted by molar-refractivity contribution is 6.34. The lowest BCUT2D eigenvalue weighted by Crippen LogP contribution is -2.29. The third-order valence-electron chi connectivity index (χ3n) is 3.02. The quantitative estimate of drug-likeness (QED) is 0.600. The molecule has 0 fully saturated rings. The van der Waals surface area contributed by atoms with Gasteiger partial charge in [-0.2, -0.15) is 0 Å². The van der Waals surface area contributed by atoms with E-state index in [-0.39, 0.29) is 11.3 Å². The Hall–Kier alpha value is -2.82. The molecule has 19 heavy (non-hydrogen) atoms. The Balaban J connectivity index is 2.10. The number of nitrogen functional groups attached to an aromatic ring is 1. The standard InChI is InChI=1S/C14H10N2O3/c15-8-1-3-9(4-2-8)16-13(18)11-6-5-10(17)7-12(11)14(16)19/h1-7,17H,15H2. The Morgan fingerprint density at radius 2 is 1.53 bits per heavy atom. The minimum absolute atomic E-state index is 0.0425. The summed E-state index contributed by atoms with van der Waals surface area (Å²) in [5.74, 6) is -0.885. The zero-order valence-electron chi connectivity index (χ0n) is 9.83. The molecule has 2 amide bonds. The van der Waals surface area contributed by atoms with Crippen molar-refractivity contribution < 1.29 is 14.7 Å². The number of fused-ring (bicyclic) bond motifs is 1. The molecule has 0 aromatic heterocycles. The second-order valence-electron chi connectivity index (χ2n) is 4.27. The lowest BCUT2D eigenvalue weighted by molar-refractivity contribution is 0.0926. The highest BCUT2D eigenvalue weighted by Crippen LogP contribution is 2.30. The summed E-state index contributed by atoms with van der Waals surface area (Å²) >= 11 is 0. The molecule has 3 rings (SSSR count). The molecule has 0 unspecified atom stereocenters. The minimum Gasteiger partial charge on any atom is -0.508 e. The van der Waals surface area contributed by atoms with Crippen molar-refractivity contribution in [2.45, 2.75) is 0 Å². The predicted octanol–water partition coefficient (Wildman–Crippen LogP) is 1.78. The van der Waals surface area contributed by atoms with Gasteiger partial charge in [-0.1, -0.05) is 0 Å². The highest BCUT2D eigenvalue weighted by Gasteiger charge is 2.36. The van der Waals surface area contributed by atoms with Crippen LogP contribution in [0.15, 0.2) is 42.5 Å². The number of phenols is 1. The van der Waals surface area contributed by atoms with Gasteiger partial charge in [0.1, 0.15) is 5.75 Å². The first-order valence-corrected chi connectivity index (χ1v) is 5.65. The number of benzene rings is 2. The number of nitrogens with two attached hydrogens (primary N) is 1. The van der Waals surface area contributed by atoms with Crippen molar-refractivity contribution in [1.82, 2.24) is 0 Å². The average molecular weight is 254 g/mol. The largest absolute Gasteiger partial charge is 0.508 e. The van der Waals surface area contributed by atoms with Crippen LogP contribution in [0.4, 0.5) is 11.4 Å². The van der Waals surface area contributed by atoms with Gasteiger partial charge >= 0.3 is 0 Å². The van der Waals surface area contributed by atoms with Crippen LogP contribution in [0.1, 0.15) is 20.7 Å². The van der Waals surface area contributed by atoms with Gasteiger partial charge in [-0.3, -0.25) is 9.59 Å². The maximum absolute atomic E-state index is 12.2. The Kier molecular flexibility index (Phi) is 2.28. The van der Waals surface area contributed by atoms with Gasteiger partial charge in [0.05, 0.1) is 16.8 Å². The lowest BCUT2D eigenvalue weighted by Gasteiger charge is -2.13. The average Bonchev–Trinajstić information content (AvgIpc) is 2.63. The highest BCUT2D eigenvalue weighted by atomic mass is 16.3. The van der Waals surface area contributed by atoms with E-state index in [1.807, 2.05) is 0 Å². The number of carbonyl (C=O) groups excluding carboxylic acids is 2. The van der Waals surface area contributed by atoms with Crippen LogP contribution in [0.2, 0.25) is 0 Å². The number of phenolic OH excluding ortho intramolecular Hbond substituents is 1. The second kappa shape index (κ2) is 3.84. The van der Waals surface area contributed by atoms with Crippen LogP contribution >= 0.6 is 0 Å². The summed E-state index contributed by atoms with van der Waals surface area (Å²) in [6.45, 7) is 0. The smallest absolute Gasteiger partial charge is 0.266 e. The molecule has 1 aliphatic heterocycles. The first-order chi connectivity index (χ1) is 9.08. The van der Waals surface area contributed by atoms with Crippen molar-refractivity contribution >= 4 is 23.2 Å². The normalized spacial score (nSPS) is 13.8. The molecule has 0 atom stereocenters.